The molecule has 0 fully saturated rings. The number of methoxy groups -OCH3 is 1. The Bertz CT molecular complexity index is 1570. The Morgan fingerprint density at radius 1 is 0.939 bits per heavy atom. The fourth-order valence-electron chi connectivity index (χ4n) is 3.70. The van der Waals surface area contributed by atoms with Gasteiger partial charge in [-0.05, 0) is 67.4 Å². The second kappa shape index (κ2) is 8.27. The molecule has 0 radical (unpaired) electrons. The number of fused-ring (bicyclic) bond motifs is 2. The maximum absolute atomic E-state index is 9.98. The van der Waals surface area contributed by atoms with Crippen LogP contribution in [0.25, 0.3) is 33.2 Å². The van der Waals surface area contributed by atoms with Gasteiger partial charge in [-0.1, -0.05) is 12.1 Å². The Balaban J connectivity index is 1.70. The Morgan fingerprint density at radius 2 is 1.76 bits per heavy atom. The van der Waals surface area contributed by atoms with Gasteiger partial charge in [-0.2, -0.15) is 5.10 Å². The molecule has 0 amide bonds. The van der Waals surface area contributed by atoms with Gasteiger partial charge < -0.3 is 14.3 Å². The number of phenolic OH excluding ortho intramolecular Hbond substituents is 1. The number of aromatic hydroxyl groups is 1. The van der Waals surface area contributed by atoms with E-state index in [4.69, 9.17) is 14.3 Å². The summed E-state index contributed by atoms with van der Waals surface area (Å²) in [5, 5.41) is 17.1. The van der Waals surface area contributed by atoms with E-state index >= 15 is 0 Å². The molecule has 33 heavy (non-hydrogen) atoms. The molecule has 2 N–H and O–H groups in total. The van der Waals surface area contributed by atoms with Crippen LogP contribution >= 0.6 is 0 Å². The summed E-state index contributed by atoms with van der Waals surface area (Å²) in [6, 6.07) is 18.8. The van der Waals surface area contributed by atoms with Crippen molar-refractivity contribution in [3.63, 3.8) is 0 Å². The molecule has 0 unspecified atom stereocenters. The lowest BCUT2D eigenvalue weighted by atomic mass is 10.1. The van der Waals surface area contributed by atoms with E-state index in [9.17, 15) is 5.11 Å². The maximum Gasteiger partial charge on any atom is 0.161 e. The molecule has 2 aromatic heterocycles. The molecule has 3 aromatic carbocycles. The summed E-state index contributed by atoms with van der Waals surface area (Å²) in [6.45, 7) is 4.10. The van der Waals surface area contributed by atoms with Crippen molar-refractivity contribution in [3.8, 4) is 22.8 Å². The summed E-state index contributed by atoms with van der Waals surface area (Å²) in [5.74, 6) is 1.64. The lowest BCUT2D eigenvalue weighted by molar-refractivity contribution is 0.373. The predicted octanol–water partition coefficient (Wildman–Crippen LogP) is 5.30. The summed E-state index contributed by atoms with van der Waals surface area (Å²) in [6.07, 6.45) is 1.51. The molecule has 0 aliphatic heterocycles. The van der Waals surface area contributed by atoms with Crippen molar-refractivity contribution in [2.45, 2.75) is 13.8 Å². The Morgan fingerprint density at radius 3 is 2.61 bits per heavy atom. The van der Waals surface area contributed by atoms with Crippen molar-refractivity contribution >= 4 is 27.7 Å². The van der Waals surface area contributed by atoms with E-state index < -0.39 is 0 Å². The number of rotatable bonds is 4. The first kappa shape index (κ1) is 20.5. The van der Waals surface area contributed by atoms with E-state index in [2.05, 4.69) is 28.4 Å². The first-order valence-electron chi connectivity index (χ1n) is 10.5. The van der Waals surface area contributed by atoms with Crippen LogP contribution in [0.2, 0.25) is 0 Å². The molecule has 0 saturated carbocycles. The predicted molar refractivity (Wildman–Crippen MR) is 128 cm³/mol. The highest BCUT2D eigenvalue weighted by atomic mass is 16.5. The van der Waals surface area contributed by atoms with Crippen molar-refractivity contribution < 1.29 is 14.3 Å². The highest BCUT2D eigenvalue weighted by molar-refractivity contribution is 5.88. The van der Waals surface area contributed by atoms with Gasteiger partial charge in [-0.3, -0.25) is 5.43 Å². The minimum Gasteiger partial charge on any atom is -0.504 e. The minimum absolute atomic E-state index is 0.0655. The van der Waals surface area contributed by atoms with Crippen molar-refractivity contribution in [3.05, 3.63) is 83.5 Å². The number of para-hydroxylation sites is 1. The van der Waals surface area contributed by atoms with Crippen LogP contribution in [0.5, 0.6) is 11.5 Å². The number of aromatic nitrogens is 2. The number of hydrogen-bond acceptors (Lipinski definition) is 7. The quantitative estimate of drug-likeness (QED) is 0.370. The Hall–Kier alpha value is -4.39. The van der Waals surface area contributed by atoms with Crippen molar-refractivity contribution in [1.29, 1.82) is 0 Å². The SMILES string of the molecule is COc1cc(-c2cc(=NNc3ncnc4ccccc34)c3cc(C)c(C)cc3o2)ccc1O. The van der Waals surface area contributed by atoms with E-state index in [1.807, 2.05) is 43.3 Å². The number of phenols is 1. The summed E-state index contributed by atoms with van der Waals surface area (Å²) in [5.41, 5.74) is 7.66. The topological polar surface area (TPSA) is 92.8 Å². The second-order valence-electron chi connectivity index (χ2n) is 7.78. The molecular weight excluding hydrogens is 416 g/mol. The van der Waals surface area contributed by atoms with Gasteiger partial charge in [0.2, 0.25) is 0 Å². The summed E-state index contributed by atoms with van der Waals surface area (Å²) >= 11 is 0. The van der Waals surface area contributed by atoms with Crippen LogP contribution in [0.3, 0.4) is 0 Å². The molecular formula is C26H22N4O3. The van der Waals surface area contributed by atoms with Crippen LogP contribution in [0.4, 0.5) is 5.82 Å². The normalized spacial score (nSPS) is 11.8. The average molecular weight is 438 g/mol. The molecule has 0 aliphatic carbocycles. The molecule has 0 bridgehead atoms. The average Bonchev–Trinajstić information content (AvgIpc) is 2.83. The molecule has 5 aromatic rings. The molecule has 7 heteroatoms. The van der Waals surface area contributed by atoms with Gasteiger partial charge in [0, 0.05) is 22.4 Å². The first-order chi connectivity index (χ1) is 16.0. The van der Waals surface area contributed by atoms with Crippen LogP contribution in [0.1, 0.15) is 11.1 Å². The molecule has 0 spiro atoms. The summed E-state index contributed by atoms with van der Waals surface area (Å²) < 4.78 is 11.5. The lowest BCUT2D eigenvalue weighted by Crippen LogP contribution is -2.09. The van der Waals surface area contributed by atoms with Gasteiger partial charge in [0.1, 0.15) is 17.7 Å². The van der Waals surface area contributed by atoms with Crippen molar-refractivity contribution in [2.24, 2.45) is 5.10 Å². The highest BCUT2D eigenvalue weighted by Crippen LogP contribution is 2.32. The molecule has 2 heterocycles. The Kier molecular flexibility index (Phi) is 5.14. The number of ether oxygens (including phenoxy) is 1. The van der Waals surface area contributed by atoms with Gasteiger partial charge in [-0.15, -0.1) is 0 Å². The molecule has 0 atom stereocenters. The van der Waals surface area contributed by atoms with Gasteiger partial charge in [0.25, 0.3) is 0 Å². The molecule has 5 rings (SSSR count). The van der Waals surface area contributed by atoms with Crippen LogP contribution < -0.4 is 15.5 Å². The molecule has 0 saturated heterocycles. The number of nitrogens with zero attached hydrogens (tertiary/aromatic N) is 3. The number of benzene rings is 3. The third-order valence-electron chi connectivity index (χ3n) is 5.65. The largest absolute Gasteiger partial charge is 0.504 e. The standard InChI is InChI=1S/C26H22N4O3/c1-15-10-19-21(29-30-26-18-6-4-5-7-20(18)27-14-28-26)13-23(33-24(19)11-16(15)2)17-8-9-22(31)25(12-17)32-3/h4-14,31H,1-3H3,(H,27,28,30). The number of nitrogens with one attached hydrogen (secondary N) is 1. The van der Waals surface area contributed by atoms with Gasteiger partial charge in [0.05, 0.1) is 18.0 Å². The van der Waals surface area contributed by atoms with E-state index in [0.29, 0.717) is 28.3 Å². The van der Waals surface area contributed by atoms with E-state index in [1.54, 1.807) is 18.2 Å². The van der Waals surface area contributed by atoms with Crippen LogP contribution in [-0.4, -0.2) is 22.2 Å². The second-order valence-corrected chi connectivity index (χ2v) is 7.78. The van der Waals surface area contributed by atoms with Crippen molar-refractivity contribution in [2.75, 3.05) is 12.5 Å². The minimum atomic E-state index is 0.0655. The molecule has 7 nitrogen and oxygen atoms in total. The Labute approximate surface area is 190 Å². The molecule has 0 aliphatic rings. The third-order valence-corrected chi connectivity index (χ3v) is 5.65. The zero-order valence-corrected chi connectivity index (χ0v) is 18.5. The summed E-state index contributed by atoms with van der Waals surface area (Å²) in [4.78, 5) is 8.67. The monoisotopic (exact) mass is 438 g/mol. The lowest BCUT2D eigenvalue weighted by Gasteiger charge is -2.10. The summed E-state index contributed by atoms with van der Waals surface area (Å²) in [7, 11) is 1.51. The number of aryl methyl sites for hydroxylation is 2. The highest BCUT2D eigenvalue weighted by Gasteiger charge is 2.11. The van der Waals surface area contributed by atoms with Crippen molar-refractivity contribution in [1.82, 2.24) is 9.97 Å². The smallest absolute Gasteiger partial charge is 0.161 e. The molecule has 164 valence electrons. The first-order valence-corrected chi connectivity index (χ1v) is 10.5. The maximum atomic E-state index is 9.98. The van der Waals surface area contributed by atoms with E-state index in [-0.39, 0.29) is 5.75 Å². The number of hydrogen-bond donors (Lipinski definition) is 2. The third kappa shape index (κ3) is 3.85. The van der Waals surface area contributed by atoms with Crippen LogP contribution in [0.15, 0.2) is 76.5 Å². The van der Waals surface area contributed by atoms with E-state index in [1.165, 1.54) is 13.4 Å². The van der Waals surface area contributed by atoms with Gasteiger partial charge in [-0.25, -0.2) is 9.97 Å². The number of anilines is 1. The van der Waals surface area contributed by atoms with E-state index in [0.717, 1.165) is 33.0 Å². The van der Waals surface area contributed by atoms with Gasteiger partial charge >= 0.3 is 0 Å². The fraction of sp³-hybridized carbons (Fsp3) is 0.115. The zero-order chi connectivity index (χ0) is 22.9. The van der Waals surface area contributed by atoms with Crippen LogP contribution in [0, 0.1) is 13.8 Å². The van der Waals surface area contributed by atoms with Crippen LogP contribution in [-0.2, 0) is 0 Å². The fourth-order valence-corrected chi connectivity index (χ4v) is 3.70. The van der Waals surface area contributed by atoms with Gasteiger partial charge in [0.15, 0.2) is 17.3 Å². The zero-order valence-electron chi connectivity index (χ0n) is 18.5.